The monoisotopic (exact) mass is 156 g/mol. The van der Waals surface area contributed by atoms with Gasteiger partial charge in [-0.1, -0.05) is 0 Å². The van der Waals surface area contributed by atoms with Gasteiger partial charge in [0.05, 0.1) is 7.11 Å². The molecule has 0 rings (SSSR count). The van der Waals surface area contributed by atoms with Crippen LogP contribution in [0.1, 0.15) is 2.85 Å². The summed E-state index contributed by atoms with van der Waals surface area (Å²) in [6.45, 7) is 0. The van der Waals surface area contributed by atoms with Crippen molar-refractivity contribution in [2.24, 2.45) is 0 Å². The van der Waals surface area contributed by atoms with E-state index >= 15 is 0 Å². The summed E-state index contributed by atoms with van der Waals surface area (Å²) in [4.78, 5) is 9.15. The molecule has 0 aliphatic rings. The molecule has 0 unspecified atom stereocenters. The molecular weight excluding hydrogens is 150 g/mol. The minimum absolute atomic E-state index is 0. The van der Waals surface area contributed by atoms with Crippen LogP contribution in [-0.2, 0) is 4.74 Å². The van der Waals surface area contributed by atoms with Crippen molar-refractivity contribution in [3.63, 3.8) is 0 Å². The Kier molecular flexibility index (Phi) is 26.4. The molecule has 0 aromatic carbocycles. The molecule has 0 aliphatic heterocycles. The second-order valence-electron chi connectivity index (χ2n) is 0.470. The molecule has 0 aromatic heterocycles. The Morgan fingerprint density at radius 1 is 1.71 bits per heavy atom. The number of ether oxygens (including phenoxy) is 1. The summed E-state index contributed by atoms with van der Waals surface area (Å²) in [5, 5.41) is 7.50. The molecule has 0 saturated carbocycles. The van der Waals surface area contributed by atoms with E-state index in [-0.39, 0.29) is 106 Å². The third-order valence-corrected chi connectivity index (χ3v) is 0.175. The Hall–Kier alpha value is 2.54. The van der Waals surface area contributed by atoms with Crippen molar-refractivity contribution in [3.05, 3.63) is 0 Å². The van der Waals surface area contributed by atoms with Crippen molar-refractivity contribution in [3.8, 4) is 0 Å². The zero-order valence-electron chi connectivity index (χ0n) is 6.76. The molecule has 0 heterocycles. The van der Waals surface area contributed by atoms with Crippen LogP contribution in [0.25, 0.3) is 0 Å². The minimum Gasteiger partial charge on any atom is -1.00 e. The molecule has 0 radical (unpaired) electrons. The largest absolute Gasteiger partial charge is 1.00 e. The third-order valence-electron chi connectivity index (χ3n) is 0.175. The van der Waals surface area contributed by atoms with Crippen LogP contribution in [0.3, 0.4) is 0 Å². The standard InChI is InChI=1S/C2H4O3.2K.2H/c1-5-2(3)4;;;;/h1H3,(H,3,4);;;;/q;2*+1;2*-1. The van der Waals surface area contributed by atoms with Gasteiger partial charge in [0.1, 0.15) is 0 Å². The Morgan fingerprint density at radius 3 is 1.86 bits per heavy atom. The summed E-state index contributed by atoms with van der Waals surface area (Å²) >= 11 is 0. The summed E-state index contributed by atoms with van der Waals surface area (Å²) < 4.78 is 3.67. The first-order valence-corrected chi connectivity index (χ1v) is 1.04. The number of rotatable bonds is 0. The van der Waals surface area contributed by atoms with E-state index in [9.17, 15) is 0 Å². The van der Waals surface area contributed by atoms with Crippen LogP contribution in [0.15, 0.2) is 0 Å². The number of hydrogen-bond acceptors (Lipinski definition) is 2. The zero-order chi connectivity index (χ0) is 4.28. The molecule has 0 aromatic rings. The number of carboxylic acid groups (broad SMARTS) is 1. The van der Waals surface area contributed by atoms with Gasteiger partial charge in [-0.15, -0.1) is 0 Å². The van der Waals surface area contributed by atoms with Crippen LogP contribution in [0, 0.1) is 0 Å². The maximum Gasteiger partial charge on any atom is 1.00 e. The van der Waals surface area contributed by atoms with Gasteiger partial charge in [0, 0.05) is 0 Å². The molecule has 7 heavy (non-hydrogen) atoms. The van der Waals surface area contributed by atoms with Crippen LogP contribution in [0.4, 0.5) is 4.79 Å². The molecule has 34 valence electrons. The summed E-state index contributed by atoms with van der Waals surface area (Å²) in [5.41, 5.74) is 0. The topological polar surface area (TPSA) is 46.5 Å². The summed E-state index contributed by atoms with van der Waals surface area (Å²) in [7, 11) is 1.10. The van der Waals surface area contributed by atoms with Crippen molar-refractivity contribution in [1.82, 2.24) is 0 Å². The van der Waals surface area contributed by atoms with Gasteiger partial charge in [-0.3, -0.25) is 0 Å². The fourth-order valence-corrected chi connectivity index (χ4v) is 0. The number of hydrogen-bond donors (Lipinski definition) is 1. The van der Waals surface area contributed by atoms with E-state index in [0.29, 0.717) is 0 Å². The van der Waals surface area contributed by atoms with Gasteiger partial charge >= 0.3 is 109 Å². The van der Waals surface area contributed by atoms with Gasteiger partial charge in [0.2, 0.25) is 0 Å². The molecule has 0 spiro atoms. The Balaban J connectivity index is -0.0000000133. The van der Waals surface area contributed by atoms with E-state index in [4.69, 9.17) is 9.90 Å². The predicted octanol–water partition coefficient (Wildman–Crippen LogP) is -5.46. The molecule has 0 saturated heterocycles. The average Bonchev–Trinajstić information content (AvgIpc) is 1.38. The first-order chi connectivity index (χ1) is 2.27. The van der Waals surface area contributed by atoms with E-state index in [0.717, 1.165) is 7.11 Å². The van der Waals surface area contributed by atoms with Crippen molar-refractivity contribution in [1.29, 1.82) is 0 Å². The molecule has 3 nitrogen and oxygen atoms in total. The van der Waals surface area contributed by atoms with Crippen molar-refractivity contribution in [2.45, 2.75) is 0 Å². The van der Waals surface area contributed by atoms with Gasteiger partial charge in [0.15, 0.2) is 0 Å². The quantitative estimate of drug-likeness (QED) is 0.281. The minimum atomic E-state index is -1.25. The molecule has 5 heteroatoms. The van der Waals surface area contributed by atoms with Crippen molar-refractivity contribution in [2.75, 3.05) is 7.11 Å². The predicted molar refractivity (Wildman–Crippen MR) is 17.3 cm³/mol. The zero-order valence-corrected chi connectivity index (χ0v) is 11.0. The Bertz CT molecular complexity index is 53.1. The van der Waals surface area contributed by atoms with Crippen LogP contribution in [0.2, 0.25) is 0 Å². The second kappa shape index (κ2) is 11.4. The number of carbonyl (C=O) groups is 1. The van der Waals surface area contributed by atoms with Gasteiger partial charge < -0.3 is 12.7 Å². The first kappa shape index (κ1) is 16.3. The van der Waals surface area contributed by atoms with Crippen LogP contribution in [0.5, 0.6) is 0 Å². The fourth-order valence-electron chi connectivity index (χ4n) is 0. The second-order valence-corrected chi connectivity index (χ2v) is 0.470. The maximum atomic E-state index is 9.15. The van der Waals surface area contributed by atoms with E-state index in [2.05, 4.69) is 4.74 Å². The smallest absolute Gasteiger partial charge is 1.00 e. The van der Waals surface area contributed by atoms with E-state index in [1.807, 2.05) is 0 Å². The van der Waals surface area contributed by atoms with Gasteiger partial charge in [-0.25, -0.2) is 4.79 Å². The van der Waals surface area contributed by atoms with Crippen molar-refractivity contribution < 1.29 is 120 Å². The van der Waals surface area contributed by atoms with E-state index in [1.165, 1.54) is 0 Å². The van der Waals surface area contributed by atoms with Crippen LogP contribution < -0.4 is 103 Å². The molecule has 0 bridgehead atoms. The van der Waals surface area contributed by atoms with Gasteiger partial charge in [0.25, 0.3) is 0 Å². The molecule has 0 atom stereocenters. The van der Waals surface area contributed by atoms with E-state index in [1.54, 1.807) is 0 Å². The van der Waals surface area contributed by atoms with Crippen LogP contribution in [-0.4, -0.2) is 18.4 Å². The van der Waals surface area contributed by atoms with Crippen molar-refractivity contribution >= 4 is 6.16 Å². The average molecular weight is 156 g/mol. The van der Waals surface area contributed by atoms with Crippen LogP contribution >= 0.6 is 0 Å². The molecule has 0 amide bonds. The molecule has 0 aliphatic carbocycles. The fraction of sp³-hybridized carbons (Fsp3) is 0.500. The molecular formula is C2H6K2O3. The summed E-state index contributed by atoms with van der Waals surface area (Å²) in [6, 6.07) is 0. The number of methoxy groups -OCH3 is 1. The SMILES string of the molecule is COC(=O)O.[H-].[H-].[K+].[K+]. The summed E-state index contributed by atoms with van der Waals surface area (Å²) in [5.74, 6) is 0. The molecule has 0 fully saturated rings. The van der Waals surface area contributed by atoms with Gasteiger partial charge in [-0.2, -0.15) is 0 Å². The van der Waals surface area contributed by atoms with Gasteiger partial charge in [-0.05, 0) is 0 Å². The first-order valence-electron chi connectivity index (χ1n) is 1.04. The molecule has 1 N–H and O–H groups in total. The third kappa shape index (κ3) is 17.7. The normalized spacial score (nSPS) is 4.71. The summed E-state index contributed by atoms with van der Waals surface area (Å²) in [6.07, 6.45) is -1.25. The Labute approximate surface area is 130 Å². The Morgan fingerprint density at radius 2 is 1.86 bits per heavy atom. The maximum absolute atomic E-state index is 9.15. The van der Waals surface area contributed by atoms with E-state index < -0.39 is 6.16 Å².